The summed E-state index contributed by atoms with van der Waals surface area (Å²) in [5, 5.41) is 3.92. The lowest BCUT2D eigenvalue weighted by molar-refractivity contribution is 0.0632. The molecule has 2 aromatic rings. The zero-order chi connectivity index (χ0) is 16.2. The van der Waals surface area contributed by atoms with Gasteiger partial charge >= 0.3 is 0 Å². The molecule has 0 bridgehead atoms. The maximum absolute atomic E-state index is 12.4. The Bertz CT molecular complexity index is 663. The number of hydrogen-bond donors (Lipinski definition) is 0. The van der Waals surface area contributed by atoms with Gasteiger partial charge in [0, 0.05) is 32.7 Å². The Morgan fingerprint density at radius 3 is 2.48 bits per heavy atom. The summed E-state index contributed by atoms with van der Waals surface area (Å²) in [6.45, 7) is 5.97. The van der Waals surface area contributed by atoms with Gasteiger partial charge in [0.1, 0.15) is 10.6 Å². The molecule has 0 saturated carbocycles. The number of ether oxygens (including phenoxy) is 1. The highest BCUT2D eigenvalue weighted by atomic mass is 32.1. The maximum atomic E-state index is 12.4. The second-order valence-corrected chi connectivity index (χ2v) is 6.36. The quantitative estimate of drug-likeness (QED) is 0.855. The molecule has 1 aliphatic rings. The number of amides is 1. The Morgan fingerprint density at radius 1 is 1.22 bits per heavy atom. The molecule has 1 amide bonds. The van der Waals surface area contributed by atoms with Gasteiger partial charge < -0.3 is 9.64 Å². The minimum absolute atomic E-state index is 0.0570. The largest absolute Gasteiger partial charge is 0.497 e. The SMILES string of the molecule is COc1ccc(CN2CCN(C(=O)c3snnc3C)CC2)cc1. The third kappa shape index (κ3) is 3.68. The van der Waals surface area contributed by atoms with E-state index in [9.17, 15) is 4.79 Å². The summed E-state index contributed by atoms with van der Waals surface area (Å²) in [5.41, 5.74) is 1.98. The average Bonchev–Trinajstić information content (AvgIpc) is 3.02. The Morgan fingerprint density at radius 2 is 1.91 bits per heavy atom. The summed E-state index contributed by atoms with van der Waals surface area (Å²) in [6.07, 6.45) is 0. The molecule has 3 rings (SSSR count). The van der Waals surface area contributed by atoms with Crippen molar-refractivity contribution in [2.75, 3.05) is 33.3 Å². The normalized spacial score (nSPS) is 15.7. The monoisotopic (exact) mass is 332 g/mol. The van der Waals surface area contributed by atoms with Crippen molar-refractivity contribution < 1.29 is 9.53 Å². The Labute approximate surface area is 139 Å². The lowest BCUT2D eigenvalue weighted by Gasteiger charge is -2.34. The van der Waals surface area contributed by atoms with Crippen LogP contribution in [0.2, 0.25) is 0 Å². The number of methoxy groups -OCH3 is 1. The first kappa shape index (κ1) is 15.9. The molecule has 0 unspecified atom stereocenters. The van der Waals surface area contributed by atoms with Gasteiger partial charge in [-0.3, -0.25) is 9.69 Å². The summed E-state index contributed by atoms with van der Waals surface area (Å²) in [7, 11) is 1.67. The summed E-state index contributed by atoms with van der Waals surface area (Å²) >= 11 is 1.18. The van der Waals surface area contributed by atoms with Crippen molar-refractivity contribution in [2.45, 2.75) is 13.5 Å². The van der Waals surface area contributed by atoms with Crippen molar-refractivity contribution in [3.05, 3.63) is 40.4 Å². The van der Waals surface area contributed by atoms with Crippen LogP contribution in [0, 0.1) is 6.92 Å². The minimum Gasteiger partial charge on any atom is -0.497 e. The first-order valence-corrected chi connectivity index (χ1v) is 8.38. The van der Waals surface area contributed by atoms with E-state index < -0.39 is 0 Å². The van der Waals surface area contributed by atoms with E-state index >= 15 is 0 Å². The van der Waals surface area contributed by atoms with Gasteiger partial charge in [0.2, 0.25) is 0 Å². The molecule has 0 N–H and O–H groups in total. The van der Waals surface area contributed by atoms with E-state index in [-0.39, 0.29) is 5.91 Å². The van der Waals surface area contributed by atoms with Gasteiger partial charge in [-0.1, -0.05) is 16.6 Å². The first-order chi connectivity index (χ1) is 11.2. The lowest BCUT2D eigenvalue weighted by Crippen LogP contribution is -2.48. The van der Waals surface area contributed by atoms with E-state index in [1.54, 1.807) is 7.11 Å². The molecule has 1 saturated heterocycles. The number of piperazine rings is 1. The Kier molecular flexibility index (Phi) is 4.88. The van der Waals surface area contributed by atoms with Crippen LogP contribution in [0.5, 0.6) is 5.75 Å². The van der Waals surface area contributed by atoms with E-state index in [0.29, 0.717) is 4.88 Å². The van der Waals surface area contributed by atoms with Crippen molar-refractivity contribution in [1.82, 2.24) is 19.4 Å². The molecule has 0 aliphatic carbocycles. The smallest absolute Gasteiger partial charge is 0.267 e. The molecule has 1 aliphatic heterocycles. The second-order valence-electron chi connectivity index (χ2n) is 5.60. The van der Waals surface area contributed by atoms with Crippen molar-refractivity contribution in [3.63, 3.8) is 0 Å². The molecule has 122 valence electrons. The molecule has 0 atom stereocenters. The maximum Gasteiger partial charge on any atom is 0.267 e. The van der Waals surface area contributed by atoms with Gasteiger partial charge in [-0.15, -0.1) is 5.10 Å². The van der Waals surface area contributed by atoms with Crippen LogP contribution in [-0.2, 0) is 6.54 Å². The van der Waals surface area contributed by atoms with Crippen LogP contribution in [-0.4, -0.2) is 58.6 Å². The summed E-state index contributed by atoms with van der Waals surface area (Å²) < 4.78 is 9.02. The van der Waals surface area contributed by atoms with Gasteiger partial charge in [0.25, 0.3) is 5.91 Å². The fraction of sp³-hybridized carbons (Fsp3) is 0.438. The summed E-state index contributed by atoms with van der Waals surface area (Å²) in [5.74, 6) is 0.930. The van der Waals surface area contributed by atoms with E-state index in [1.807, 2.05) is 24.0 Å². The molecular formula is C16H20N4O2S. The Balaban J connectivity index is 1.54. The predicted molar refractivity (Wildman–Crippen MR) is 88.8 cm³/mol. The van der Waals surface area contributed by atoms with Crippen LogP contribution in [0.3, 0.4) is 0 Å². The predicted octanol–water partition coefficient (Wildman–Crippen LogP) is 1.81. The number of carbonyl (C=O) groups excluding carboxylic acids is 1. The minimum atomic E-state index is 0.0570. The lowest BCUT2D eigenvalue weighted by atomic mass is 10.2. The van der Waals surface area contributed by atoms with E-state index in [2.05, 4.69) is 26.6 Å². The third-order valence-electron chi connectivity index (χ3n) is 4.07. The van der Waals surface area contributed by atoms with Crippen LogP contribution in [0.4, 0.5) is 0 Å². The number of rotatable bonds is 4. The third-order valence-corrected chi connectivity index (χ3v) is 4.89. The topological polar surface area (TPSA) is 58.6 Å². The zero-order valence-corrected chi connectivity index (χ0v) is 14.2. The van der Waals surface area contributed by atoms with Gasteiger partial charge in [-0.25, -0.2) is 0 Å². The second kappa shape index (κ2) is 7.06. The average molecular weight is 332 g/mol. The molecule has 1 aromatic carbocycles. The first-order valence-electron chi connectivity index (χ1n) is 7.61. The fourth-order valence-corrected chi connectivity index (χ4v) is 3.29. The van der Waals surface area contributed by atoms with Crippen LogP contribution >= 0.6 is 11.5 Å². The fourth-order valence-electron chi connectivity index (χ4n) is 2.67. The van der Waals surface area contributed by atoms with Gasteiger partial charge in [0.15, 0.2) is 0 Å². The summed E-state index contributed by atoms with van der Waals surface area (Å²) in [4.78, 5) is 17.4. The molecule has 0 radical (unpaired) electrons. The highest BCUT2D eigenvalue weighted by molar-refractivity contribution is 7.07. The van der Waals surface area contributed by atoms with Crippen LogP contribution in [0.25, 0.3) is 0 Å². The number of carbonyl (C=O) groups is 1. The number of nitrogens with zero attached hydrogens (tertiary/aromatic N) is 4. The van der Waals surface area contributed by atoms with Gasteiger partial charge in [0.05, 0.1) is 12.8 Å². The summed E-state index contributed by atoms with van der Waals surface area (Å²) in [6, 6.07) is 8.13. The molecule has 1 aromatic heterocycles. The van der Waals surface area contributed by atoms with Gasteiger partial charge in [-0.05, 0) is 36.2 Å². The van der Waals surface area contributed by atoms with Crippen LogP contribution in [0.1, 0.15) is 20.9 Å². The number of aryl methyl sites for hydroxylation is 1. The Hall–Kier alpha value is -1.99. The van der Waals surface area contributed by atoms with E-state index in [1.165, 1.54) is 17.1 Å². The number of benzene rings is 1. The van der Waals surface area contributed by atoms with Gasteiger partial charge in [-0.2, -0.15) is 0 Å². The molecule has 7 heteroatoms. The van der Waals surface area contributed by atoms with Crippen molar-refractivity contribution in [1.29, 1.82) is 0 Å². The van der Waals surface area contributed by atoms with Crippen molar-refractivity contribution in [2.24, 2.45) is 0 Å². The molecule has 1 fully saturated rings. The number of hydrogen-bond acceptors (Lipinski definition) is 6. The molecule has 2 heterocycles. The molecule has 23 heavy (non-hydrogen) atoms. The highest BCUT2D eigenvalue weighted by Gasteiger charge is 2.24. The van der Waals surface area contributed by atoms with Crippen LogP contribution < -0.4 is 4.74 Å². The molecular weight excluding hydrogens is 312 g/mol. The number of aromatic nitrogens is 2. The van der Waals surface area contributed by atoms with Crippen molar-refractivity contribution in [3.8, 4) is 5.75 Å². The molecule has 0 spiro atoms. The van der Waals surface area contributed by atoms with E-state index in [4.69, 9.17) is 4.74 Å². The highest BCUT2D eigenvalue weighted by Crippen LogP contribution is 2.17. The van der Waals surface area contributed by atoms with Crippen LogP contribution in [0.15, 0.2) is 24.3 Å². The molecule has 6 nitrogen and oxygen atoms in total. The zero-order valence-electron chi connectivity index (χ0n) is 13.4. The van der Waals surface area contributed by atoms with E-state index in [0.717, 1.165) is 44.2 Å². The van der Waals surface area contributed by atoms with Crippen molar-refractivity contribution >= 4 is 17.4 Å². The standard InChI is InChI=1S/C16H20N4O2S/c1-12-15(23-18-17-12)16(21)20-9-7-19(8-10-20)11-13-3-5-14(22-2)6-4-13/h3-6H,7-11H2,1-2H3.